The molecule has 4 rings (SSSR count). The predicted octanol–water partition coefficient (Wildman–Crippen LogP) is 3.76. The number of primary amides is 1. The van der Waals surface area contributed by atoms with Crippen LogP contribution in [0.25, 0.3) is 10.2 Å². The normalized spacial score (nSPS) is 16.1. The highest BCUT2D eigenvalue weighted by Gasteiger charge is 2.32. The average Bonchev–Trinajstić information content (AvgIpc) is 3.38. The van der Waals surface area contributed by atoms with E-state index in [1.807, 2.05) is 29.2 Å². The molecule has 1 aliphatic rings. The van der Waals surface area contributed by atoms with Crippen LogP contribution >= 0.6 is 23.1 Å². The number of thioether (sulfide) groups is 1. The number of rotatable bonds is 6. The Hall–Kier alpha value is -2.98. The molecule has 2 amide bonds. The van der Waals surface area contributed by atoms with Gasteiger partial charge in [0.2, 0.25) is 11.8 Å². The van der Waals surface area contributed by atoms with Gasteiger partial charge in [-0.1, -0.05) is 12.1 Å². The number of nitrogens with zero attached hydrogens (tertiary/aromatic N) is 3. The largest absolute Gasteiger partial charge is 0.366 e. The Morgan fingerprint density at radius 3 is 2.83 bits per heavy atom. The van der Waals surface area contributed by atoms with Gasteiger partial charge in [0, 0.05) is 18.2 Å². The van der Waals surface area contributed by atoms with Gasteiger partial charge in [-0.05, 0) is 37.1 Å². The van der Waals surface area contributed by atoms with Gasteiger partial charge in [0.1, 0.15) is 5.01 Å². The van der Waals surface area contributed by atoms with Crippen molar-refractivity contribution in [2.45, 2.75) is 23.8 Å². The summed E-state index contributed by atoms with van der Waals surface area (Å²) in [5, 5.41) is 12.3. The van der Waals surface area contributed by atoms with Crippen molar-refractivity contribution >= 4 is 50.8 Å². The van der Waals surface area contributed by atoms with Crippen molar-refractivity contribution in [1.29, 1.82) is 0 Å². The third kappa shape index (κ3) is 4.01. The number of nitro benzene ring substituents is 1. The Balaban J connectivity index is 1.49. The smallest absolute Gasteiger partial charge is 0.283 e. The first-order valence-electron chi connectivity index (χ1n) is 9.30. The van der Waals surface area contributed by atoms with E-state index in [-0.39, 0.29) is 29.0 Å². The average molecular weight is 443 g/mol. The number of likely N-dealkylation sites (tertiary alicyclic amines) is 1. The van der Waals surface area contributed by atoms with Crippen LogP contribution in [0.3, 0.4) is 0 Å². The fraction of sp³-hybridized carbons (Fsp3) is 0.250. The molecule has 0 aliphatic carbocycles. The van der Waals surface area contributed by atoms with Gasteiger partial charge < -0.3 is 10.6 Å². The minimum atomic E-state index is -0.735. The fourth-order valence-electron chi connectivity index (χ4n) is 3.51. The highest BCUT2D eigenvalue weighted by Crippen LogP contribution is 2.37. The standard InChI is InChI=1S/C20H18N4O4S2/c21-19(26)12-7-8-17(15(10-12)24(27)28)29-11-18(25)23-9-3-5-14(23)20-22-13-4-1-2-6-16(13)30-20/h1-2,4,6-8,10,14H,3,5,9,11H2,(H2,21,26). The van der Waals surface area contributed by atoms with Gasteiger partial charge in [-0.2, -0.15) is 0 Å². The molecule has 30 heavy (non-hydrogen) atoms. The van der Waals surface area contributed by atoms with Crippen LogP contribution in [-0.4, -0.2) is 38.9 Å². The van der Waals surface area contributed by atoms with E-state index >= 15 is 0 Å². The molecule has 3 aromatic rings. The van der Waals surface area contributed by atoms with E-state index in [1.54, 1.807) is 11.3 Å². The van der Waals surface area contributed by atoms with Crippen LogP contribution in [0.1, 0.15) is 34.2 Å². The molecule has 1 fully saturated rings. The van der Waals surface area contributed by atoms with Crippen molar-refractivity contribution in [3.05, 3.63) is 63.1 Å². The van der Waals surface area contributed by atoms with Crippen molar-refractivity contribution in [3.8, 4) is 0 Å². The number of nitro groups is 1. The lowest BCUT2D eigenvalue weighted by Gasteiger charge is -2.23. The Morgan fingerprint density at radius 2 is 2.10 bits per heavy atom. The lowest BCUT2D eigenvalue weighted by Crippen LogP contribution is -2.31. The second kappa shape index (κ2) is 8.41. The lowest BCUT2D eigenvalue weighted by molar-refractivity contribution is -0.387. The minimum Gasteiger partial charge on any atom is -0.366 e. The minimum absolute atomic E-state index is 0.0628. The monoisotopic (exact) mass is 442 g/mol. The fourth-order valence-corrected chi connectivity index (χ4v) is 5.52. The van der Waals surface area contributed by atoms with Crippen LogP contribution in [0, 0.1) is 10.1 Å². The third-order valence-corrected chi connectivity index (χ3v) is 7.15. The first-order chi connectivity index (χ1) is 14.4. The Labute approximate surface area is 180 Å². The number of amides is 2. The summed E-state index contributed by atoms with van der Waals surface area (Å²) in [6, 6.07) is 11.9. The molecule has 0 radical (unpaired) electrons. The summed E-state index contributed by atoms with van der Waals surface area (Å²) in [7, 11) is 0. The molecule has 1 saturated heterocycles. The van der Waals surface area contributed by atoms with E-state index < -0.39 is 10.8 Å². The van der Waals surface area contributed by atoms with Crippen molar-refractivity contribution in [1.82, 2.24) is 9.88 Å². The van der Waals surface area contributed by atoms with Crippen molar-refractivity contribution in [2.24, 2.45) is 5.73 Å². The molecular weight excluding hydrogens is 424 g/mol. The predicted molar refractivity (Wildman–Crippen MR) is 116 cm³/mol. The maximum Gasteiger partial charge on any atom is 0.283 e. The molecule has 2 N–H and O–H groups in total. The Morgan fingerprint density at radius 1 is 1.30 bits per heavy atom. The number of carbonyl (C=O) groups excluding carboxylic acids is 2. The molecule has 0 spiro atoms. The zero-order chi connectivity index (χ0) is 21.3. The number of nitrogens with two attached hydrogens (primary N) is 1. The molecule has 1 aromatic heterocycles. The first-order valence-corrected chi connectivity index (χ1v) is 11.1. The molecule has 0 saturated carbocycles. The number of thiazole rings is 1. The van der Waals surface area contributed by atoms with E-state index in [2.05, 4.69) is 0 Å². The van der Waals surface area contributed by atoms with Crippen LogP contribution in [0.15, 0.2) is 47.4 Å². The van der Waals surface area contributed by atoms with E-state index in [0.29, 0.717) is 11.4 Å². The molecule has 8 nitrogen and oxygen atoms in total. The lowest BCUT2D eigenvalue weighted by atomic mass is 10.2. The van der Waals surface area contributed by atoms with Gasteiger partial charge in [-0.15, -0.1) is 23.1 Å². The Bertz CT molecular complexity index is 1110. The SMILES string of the molecule is NC(=O)c1ccc(SCC(=O)N2CCCC2c2nc3ccccc3s2)c([N+](=O)[O-])c1. The number of hydrogen-bond acceptors (Lipinski definition) is 7. The highest BCUT2D eigenvalue weighted by molar-refractivity contribution is 8.00. The molecule has 0 bridgehead atoms. The van der Waals surface area contributed by atoms with Crippen LogP contribution in [0.4, 0.5) is 5.69 Å². The molecule has 1 aliphatic heterocycles. The summed E-state index contributed by atoms with van der Waals surface area (Å²) in [5.41, 5.74) is 5.96. The van der Waals surface area contributed by atoms with E-state index in [1.165, 1.54) is 12.1 Å². The second-order valence-corrected chi connectivity index (χ2v) is 8.94. The molecule has 10 heteroatoms. The van der Waals surface area contributed by atoms with Gasteiger partial charge in [-0.25, -0.2) is 4.98 Å². The molecular formula is C20H18N4O4S2. The number of fused-ring (bicyclic) bond motifs is 1. The van der Waals surface area contributed by atoms with Crippen LogP contribution in [-0.2, 0) is 4.79 Å². The third-order valence-electron chi connectivity index (χ3n) is 4.96. The number of aromatic nitrogens is 1. The zero-order valence-electron chi connectivity index (χ0n) is 15.8. The van der Waals surface area contributed by atoms with Crippen molar-refractivity contribution < 1.29 is 14.5 Å². The summed E-state index contributed by atoms with van der Waals surface area (Å²) in [6.07, 6.45) is 1.74. The van der Waals surface area contributed by atoms with Crippen LogP contribution in [0.5, 0.6) is 0 Å². The summed E-state index contributed by atoms with van der Waals surface area (Å²) in [5.74, 6) is -0.755. The van der Waals surface area contributed by atoms with E-state index in [9.17, 15) is 19.7 Å². The van der Waals surface area contributed by atoms with Gasteiger partial charge in [0.25, 0.3) is 5.69 Å². The zero-order valence-corrected chi connectivity index (χ0v) is 17.4. The number of hydrogen-bond donors (Lipinski definition) is 1. The number of para-hydroxylation sites is 1. The summed E-state index contributed by atoms with van der Waals surface area (Å²) < 4.78 is 1.09. The molecule has 2 heterocycles. The number of carbonyl (C=O) groups is 2. The maximum absolute atomic E-state index is 12.9. The summed E-state index contributed by atoms with van der Waals surface area (Å²) in [4.78, 5) is 41.8. The van der Waals surface area contributed by atoms with Crippen molar-refractivity contribution in [3.63, 3.8) is 0 Å². The molecule has 154 valence electrons. The van der Waals surface area contributed by atoms with E-state index in [4.69, 9.17) is 10.7 Å². The quantitative estimate of drug-likeness (QED) is 0.353. The number of benzene rings is 2. The molecule has 2 aromatic carbocycles. The van der Waals surface area contributed by atoms with Gasteiger partial charge in [0.05, 0.1) is 31.8 Å². The maximum atomic E-state index is 12.9. The van der Waals surface area contributed by atoms with Gasteiger partial charge in [0.15, 0.2) is 0 Å². The second-order valence-electron chi connectivity index (χ2n) is 6.86. The molecule has 1 atom stereocenters. The van der Waals surface area contributed by atoms with Crippen LogP contribution < -0.4 is 5.73 Å². The highest BCUT2D eigenvalue weighted by atomic mass is 32.2. The Kier molecular flexibility index (Phi) is 5.69. The summed E-state index contributed by atoms with van der Waals surface area (Å²) >= 11 is 2.69. The van der Waals surface area contributed by atoms with Gasteiger partial charge >= 0.3 is 0 Å². The van der Waals surface area contributed by atoms with Crippen molar-refractivity contribution in [2.75, 3.05) is 12.3 Å². The topological polar surface area (TPSA) is 119 Å². The van der Waals surface area contributed by atoms with Gasteiger partial charge in [-0.3, -0.25) is 19.7 Å². The molecule has 1 unspecified atom stereocenters. The van der Waals surface area contributed by atoms with Crippen LogP contribution in [0.2, 0.25) is 0 Å². The van der Waals surface area contributed by atoms with E-state index in [0.717, 1.165) is 45.9 Å². The summed E-state index contributed by atoms with van der Waals surface area (Å²) in [6.45, 7) is 0.642. The first kappa shape index (κ1) is 20.3.